The minimum absolute atomic E-state index is 0.769. The Morgan fingerprint density at radius 1 is 1.06 bits per heavy atom. The Morgan fingerprint density at radius 2 is 1.88 bits per heavy atom. The molecule has 78 valence electrons. The van der Waals surface area contributed by atoms with Gasteiger partial charge in [-0.05, 0) is 17.5 Å². The van der Waals surface area contributed by atoms with E-state index in [1.54, 1.807) is 11.3 Å². The highest BCUT2D eigenvalue weighted by atomic mass is 35.5. The molecule has 0 radical (unpaired) electrons. The zero-order chi connectivity index (χ0) is 11.0. The van der Waals surface area contributed by atoms with Gasteiger partial charge < -0.3 is 0 Å². The Bertz CT molecular complexity index is 631. The number of aromatic nitrogens is 1. The average molecular weight is 246 g/mol. The van der Waals surface area contributed by atoms with E-state index in [4.69, 9.17) is 11.6 Å². The topological polar surface area (TPSA) is 12.9 Å². The van der Waals surface area contributed by atoms with E-state index < -0.39 is 0 Å². The molecule has 2 heterocycles. The van der Waals surface area contributed by atoms with Crippen molar-refractivity contribution >= 4 is 33.2 Å². The molecule has 0 aliphatic heterocycles. The molecule has 0 N–H and O–H groups in total. The lowest BCUT2D eigenvalue weighted by Gasteiger charge is -2.02. The summed E-state index contributed by atoms with van der Waals surface area (Å²) in [4.78, 5) is 5.59. The van der Waals surface area contributed by atoms with Crippen molar-refractivity contribution in [1.82, 2.24) is 4.98 Å². The third-order valence-electron chi connectivity index (χ3n) is 2.46. The van der Waals surface area contributed by atoms with E-state index in [2.05, 4.69) is 4.98 Å². The SMILES string of the molecule is Clc1cc(-c2ccccc2)nc2sccc12. The number of hydrogen-bond acceptors (Lipinski definition) is 2. The second-order valence-electron chi connectivity index (χ2n) is 3.49. The normalized spacial score (nSPS) is 10.8. The molecular formula is C13H8ClNS. The average Bonchev–Trinajstić information content (AvgIpc) is 2.79. The first-order valence-corrected chi connectivity index (χ1v) is 6.19. The van der Waals surface area contributed by atoms with E-state index in [9.17, 15) is 0 Å². The zero-order valence-corrected chi connectivity index (χ0v) is 9.92. The molecule has 0 amide bonds. The van der Waals surface area contributed by atoms with Crippen molar-refractivity contribution in [3.8, 4) is 11.3 Å². The van der Waals surface area contributed by atoms with Gasteiger partial charge in [-0.2, -0.15) is 0 Å². The van der Waals surface area contributed by atoms with E-state index in [0.29, 0.717) is 0 Å². The van der Waals surface area contributed by atoms with Gasteiger partial charge in [0.15, 0.2) is 0 Å². The molecule has 0 aliphatic rings. The summed E-state index contributed by atoms with van der Waals surface area (Å²) in [6.45, 7) is 0. The Kier molecular flexibility index (Phi) is 2.39. The van der Waals surface area contributed by atoms with Gasteiger partial charge in [0.05, 0.1) is 10.7 Å². The van der Waals surface area contributed by atoms with Gasteiger partial charge in [-0.15, -0.1) is 11.3 Å². The summed E-state index contributed by atoms with van der Waals surface area (Å²) in [5.74, 6) is 0. The zero-order valence-electron chi connectivity index (χ0n) is 8.35. The van der Waals surface area contributed by atoms with Gasteiger partial charge in [0.25, 0.3) is 0 Å². The van der Waals surface area contributed by atoms with Crippen molar-refractivity contribution in [2.24, 2.45) is 0 Å². The molecule has 0 aliphatic carbocycles. The van der Waals surface area contributed by atoms with Crippen LogP contribution in [0, 0.1) is 0 Å². The highest BCUT2D eigenvalue weighted by Crippen LogP contribution is 2.30. The minimum atomic E-state index is 0.769. The van der Waals surface area contributed by atoms with Gasteiger partial charge in [-0.1, -0.05) is 41.9 Å². The molecule has 0 spiro atoms. The fourth-order valence-electron chi connectivity index (χ4n) is 1.67. The number of nitrogens with zero attached hydrogens (tertiary/aromatic N) is 1. The number of benzene rings is 1. The highest BCUT2D eigenvalue weighted by molar-refractivity contribution is 7.16. The lowest BCUT2D eigenvalue weighted by atomic mass is 10.1. The van der Waals surface area contributed by atoms with Crippen LogP contribution in [0.4, 0.5) is 0 Å². The van der Waals surface area contributed by atoms with Crippen molar-refractivity contribution in [3.63, 3.8) is 0 Å². The van der Waals surface area contributed by atoms with Crippen LogP contribution in [-0.2, 0) is 0 Å². The maximum absolute atomic E-state index is 6.22. The van der Waals surface area contributed by atoms with Crippen LogP contribution in [-0.4, -0.2) is 4.98 Å². The first-order valence-electron chi connectivity index (χ1n) is 4.94. The quantitative estimate of drug-likeness (QED) is 0.610. The van der Waals surface area contributed by atoms with Crippen LogP contribution in [0.5, 0.6) is 0 Å². The number of thiophene rings is 1. The lowest BCUT2D eigenvalue weighted by molar-refractivity contribution is 1.43. The fraction of sp³-hybridized carbons (Fsp3) is 0. The summed E-state index contributed by atoms with van der Waals surface area (Å²) in [6.07, 6.45) is 0. The van der Waals surface area contributed by atoms with Gasteiger partial charge >= 0.3 is 0 Å². The maximum Gasteiger partial charge on any atom is 0.125 e. The number of hydrogen-bond donors (Lipinski definition) is 0. The molecule has 0 fully saturated rings. The molecular weight excluding hydrogens is 238 g/mol. The van der Waals surface area contributed by atoms with Crippen LogP contribution in [0.15, 0.2) is 47.8 Å². The smallest absolute Gasteiger partial charge is 0.125 e. The van der Waals surface area contributed by atoms with Gasteiger partial charge in [0.1, 0.15) is 4.83 Å². The maximum atomic E-state index is 6.22. The summed E-state index contributed by atoms with van der Waals surface area (Å²) in [5, 5.41) is 3.81. The third-order valence-corrected chi connectivity index (χ3v) is 3.58. The Balaban J connectivity index is 2.25. The van der Waals surface area contributed by atoms with E-state index in [1.165, 1.54) is 0 Å². The van der Waals surface area contributed by atoms with E-state index in [-0.39, 0.29) is 0 Å². The molecule has 1 aromatic carbocycles. The monoisotopic (exact) mass is 245 g/mol. The molecule has 2 aromatic heterocycles. The van der Waals surface area contributed by atoms with Crippen LogP contribution < -0.4 is 0 Å². The number of fused-ring (bicyclic) bond motifs is 1. The van der Waals surface area contributed by atoms with Crippen molar-refractivity contribution in [2.45, 2.75) is 0 Å². The van der Waals surface area contributed by atoms with Crippen LogP contribution in [0.3, 0.4) is 0 Å². The summed E-state index contributed by atoms with van der Waals surface area (Å²) in [6, 6.07) is 14.0. The van der Waals surface area contributed by atoms with Crippen LogP contribution in [0.25, 0.3) is 21.5 Å². The van der Waals surface area contributed by atoms with Gasteiger partial charge in [0, 0.05) is 10.9 Å². The lowest BCUT2D eigenvalue weighted by Crippen LogP contribution is -1.83. The van der Waals surface area contributed by atoms with Gasteiger partial charge in [0.2, 0.25) is 0 Å². The molecule has 3 aromatic rings. The first-order chi connectivity index (χ1) is 7.84. The minimum Gasteiger partial charge on any atom is -0.237 e. The number of halogens is 1. The predicted molar refractivity (Wildman–Crippen MR) is 70.1 cm³/mol. The Hall–Kier alpha value is -1.38. The van der Waals surface area contributed by atoms with Crippen LogP contribution >= 0.6 is 22.9 Å². The van der Waals surface area contributed by atoms with Gasteiger partial charge in [-0.25, -0.2) is 4.98 Å². The molecule has 16 heavy (non-hydrogen) atoms. The predicted octanol–water partition coefficient (Wildman–Crippen LogP) is 4.62. The van der Waals surface area contributed by atoms with E-state index >= 15 is 0 Å². The van der Waals surface area contributed by atoms with E-state index in [0.717, 1.165) is 26.5 Å². The Morgan fingerprint density at radius 3 is 2.69 bits per heavy atom. The van der Waals surface area contributed by atoms with Crippen molar-refractivity contribution in [1.29, 1.82) is 0 Å². The molecule has 0 bridgehead atoms. The molecule has 1 nitrogen and oxygen atoms in total. The summed E-state index contributed by atoms with van der Waals surface area (Å²) >= 11 is 7.83. The first kappa shape index (κ1) is 9.82. The number of pyridine rings is 1. The van der Waals surface area contributed by atoms with Gasteiger partial charge in [-0.3, -0.25) is 0 Å². The molecule has 0 atom stereocenters. The molecule has 0 saturated carbocycles. The molecule has 0 saturated heterocycles. The summed E-state index contributed by atoms with van der Waals surface area (Å²) in [5.41, 5.74) is 2.03. The fourth-order valence-corrected chi connectivity index (χ4v) is 2.77. The van der Waals surface area contributed by atoms with Crippen molar-refractivity contribution in [2.75, 3.05) is 0 Å². The van der Waals surface area contributed by atoms with Crippen LogP contribution in [0.2, 0.25) is 5.02 Å². The summed E-state index contributed by atoms with van der Waals surface area (Å²) in [7, 11) is 0. The highest BCUT2D eigenvalue weighted by Gasteiger charge is 2.06. The van der Waals surface area contributed by atoms with E-state index in [1.807, 2.05) is 47.8 Å². The largest absolute Gasteiger partial charge is 0.237 e. The number of rotatable bonds is 1. The second kappa shape index (κ2) is 3.89. The van der Waals surface area contributed by atoms with Crippen molar-refractivity contribution in [3.05, 3.63) is 52.9 Å². The second-order valence-corrected chi connectivity index (χ2v) is 4.80. The van der Waals surface area contributed by atoms with Crippen molar-refractivity contribution < 1.29 is 0 Å². The van der Waals surface area contributed by atoms with Crippen LogP contribution in [0.1, 0.15) is 0 Å². The third kappa shape index (κ3) is 1.60. The standard InChI is InChI=1S/C13H8ClNS/c14-11-8-12(9-4-2-1-3-5-9)15-13-10(11)6-7-16-13/h1-8H. The molecule has 3 rings (SSSR count). The summed E-state index contributed by atoms with van der Waals surface area (Å²) < 4.78 is 0. The molecule has 0 unspecified atom stereocenters. The Labute approximate surface area is 102 Å². The molecule has 3 heteroatoms.